The Kier molecular flexibility index (Phi) is 3.90. The number of amides is 1. The van der Waals surface area contributed by atoms with Crippen LogP contribution in [0.25, 0.3) is 0 Å². The fourth-order valence-corrected chi connectivity index (χ4v) is 2.88. The number of hydrogen-bond acceptors (Lipinski definition) is 4. The minimum absolute atomic E-state index is 0.0904. The molecule has 1 unspecified atom stereocenters. The normalized spacial score (nSPS) is 23.9. The van der Waals surface area contributed by atoms with E-state index in [0.29, 0.717) is 13.1 Å². The van der Waals surface area contributed by atoms with Crippen molar-refractivity contribution in [3.8, 4) is 0 Å². The van der Waals surface area contributed by atoms with Crippen molar-refractivity contribution in [1.82, 2.24) is 9.88 Å². The quantitative estimate of drug-likeness (QED) is 0.837. The minimum atomic E-state index is -3.80. The zero-order valence-electron chi connectivity index (χ0n) is 11.5. The number of aromatic nitrogens is 1. The maximum atomic E-state index is 12.3. The van der Waals surface area contributed by atoms with Crippen molar-refractivity contribution in [2.24, 2.45) is 5.14 Å². The minimum Gasteiger partial charge on any atom is -0.377 e. The van der Waals surface area contributed by atoms with Gasteiger partial charge in [-0.15, -0.1) is 0 Å². The summed E-state index contributed by atoms with van der Waals surface area (Å²) in [6.07, 6.45) is 2.96. The highest BCUT2D eigenvalue weighted by Gasteiger charge is 2.33. The number of ether oxygens (including phenoxy) is 1. The molecule has 0 aliphatic carbocycles. The number of hydrogen-bond donors (Lipinski definition) is 2. The van der Waals surface area contributed by atoms with Gasteiger partial charge in [0.15, 0.2) is 0 Å². The van der Waals surface area contributed by atoms with Crippen LogP contribution in [-0.4, -0.2) is 50.0 Å². The number of carbonyl (C=O) groups is 1. The first-order chi connectivity index (χ1) is 9.25. The van der Waals surface area contributed by atoms with Gasteiger partial charge in [0.25, 0.3) is 5.91 Å². The molecular weight excluding hydrogens is 282 g/mol. The van der Waals surface area contributed by atoms with E-state index in [4.69, 9.17) is 9.88 Å². The molecule has 0 saturated carbocycles. The largest absolute Gasteiger partial charge is 0.377 e. The summed E-state index contributed by atoms with van der Waals surface area (Å²) in [5, 5.41) is 5.02. The number of primary sulfonamides is 1. The Morgan fingerprint density at radius 1 is 1.55 bits per heavy atom. The third-order valence-electron chi connectivity index (χ3n) is 3.65. The molecule has 1 aliphatic rings. The van der Waals surface area contributed by atoms with Gasteiger partial charge in [-0.1, -0.05) is 0 Å². The lowest BCUT2D eigenvalue weighted by molar-refractivity contribution is -0.0441. The molecule has 1 aromatic heterocycles. The molecule has 2 heterocycles. The molecule has 1 saturated heterocycles. The smallest absolute Gasteiger partial charge is 0.270 e. The number of methoxy groups -OCH3 is 1. The highest BCUT2D eigenvalue weighted by molar-refractivity contribution is 7.89. The van der Waals surface area contributed by atoms with Crippen molar-refractivity contribution >= 4 is 15.9 Å². The second-order valence-electron chi connectivity index (χ2n) is 5.28. The summed E-state index contributed by atoms with van der Waals surface area (Å²) in [4.78, 5) is 16.6. The van der Waals surface area contributed by atoms with Gasteiger partial charge >= 0.3 is 0 Å². The van der Waals surface area contributed by atoms with Crippen molar-refractivity contribution in [3.05, 3.63) is 18.0 Å². The average molecular weight is 301 g/mol. The number of carbonyl (C=O) groups excluding carboxylic acids is 1. The maximum absolute atomic E-state index is 12.3. The number of H-pyrrole nitrogens is 1. The summed E-state index contributed by atoms with van der Waals surface area (Å²) in [5.41, 5.74) is -0.141. The molecule has 3 N–H and O–H groups in total. The molecule has 0 spiro atoms. The van der Waals surface area contributed by atoms with E-state index in [1.54, 1.807) is 12.0 Å². The van der Waals surface area contributed by atoms with E-state index < -0.39 is 10.0 Å². The molecule has 1 fully saturated rings. The molecule has 2 rings (SSSR count). The molecule has 1 aromatic rings. The first kappa shape index (κ1) is 15.0. The zero-order valence-corrected chi connectivity index (χ0v) is 12.4. The number of nitrogens with two attached hydrogens (primary N) is 1. The predicted octanol–water partition coefficient (Wildman–Crippen LogP) is 0.303. The van der Waals surface area contributed by atoms with Gasteiger partial charge in [-0.25, -0.2) is 13.6 Å². The van der Waals surface area contributed by atoms with E-state index in [9.17, 15) is 13.2 Å². The number of nitrogens with zero attached hydrogens (tertiary/aromatic N) is 1. The predicted molar refractivity (Wildman–Crippen MR) is 72.7 cm³/mol. The lowest BCUT2D eigenvalue weighted by atomic mass is 9.94. The van der Waals surface area contributed by atoms with Crippen LogP contribution in [-0.2, 0) is 14.8 Å². The fourth-order valence-electron chi connectivity index (χ4n) is 2.38. The van der Waals surface area contributed by atoms with Gasteiger partial charge in [0, 0.05) is 26.4 Å². The van der Waals surface area contributed by atoms with Crippen LogP contribution in [0.15, 0.2) is 17.2 Å². The molecule has 8 heteroatoms. The Balaban J connectivity index is 2.17. The topological polar surface area (TPSA) is 105 Å². The summed E-state index contributed by atoms with van der Waals surface area (Å²) in [6, 6.07) is 1.26. The van der Waals surface area contributed by atoms with Gasteiger partial charge in [-0.3, -0.25) is 4.79 Å². The third kappa shape index (κ3) is 3.02. The number of nitrogens with one attached hydrogen (secondary N) is 1. The lowest BCUT2D eigenvalue weighted by Gasteiger charge is -2.39. The summed E-state index contributed by atoms with van der Waals surface area (Å²) < 4.78 is 27.8. The summed E-state index contributed by atoms with van der Waals surface area (Å²) in [6.45, 7) is 3.06. The second-order valence-corrected chi connectivity index (χ2v) is 6.84. The van der Waals surface area contributed by atoms with Crippen LogP contribution < -0.4 is 5.14 Å². The Hall–Kier alpha value is -1.38. The third-order valence-corrected chi connectivity index (χ3v) is 4.55. The Labute approximate surface area is 118 Å². The SMILES string of the molecule is COC1(C)CCCN(C(=O)c2cc(S(N)(=O)=O)c[nH]2)C1. The number of aromatic amines is 1. The van der Waals surface area contributed by atoms with Crippen LogP contribution >= 0.6 is 0 Å². The van der Waals surface area contributed by atoms with Gasteiger partial charge in [0.05, 0.1) is 10.5 Å². The van der Waals surface area contributed by atoms with E-state index in [1.807, 2.05) is 6.92 Å². The highest BCUT2D eigenvalue weighted by atomic mass is 32.2. The number of sulfonamides is 1. The standard InChI is InChI=1S/C12H19N3O4S/c1-12(19-2)4-3-5-15(8-12)11(16)10-6-9(7-14-10)20(13,17)18/h6-7,14H,3-5,8H2,1-2H3,(H2,13,17,18). The molecule has 0 bridgehead atoms. The van der Waals surface area contributed by atoms with E-state index in [0.717, 1.165) is 12.8 Å². The van der Waals surface area contributed by atoms with Crippen LogP contribution in [0.1, 0.15) is 30.3 Å². The van der Waals surface area contributed by atoms with Gasteiger partial charge in [0.1, 0.15) is 5.69 Å². The average Bonchev–Trinajstić information content (AvgIpc) is 2.87. The maximum Gasteiger partial charge on any atom is 0.270 e. The Morgan fingerprint density at radius 3 is 2.80 bits per heavy atom. The molecular formula is C12H19N3O4S. The molecule has 20 heavy (non-hydrogen) atoms. The van der Waals surface area contributed by atoms with Crippen molar-refractivity contribution < 1.29 is 17.9 Å². The summed E-state index contributed by atoms with van der Waals surface area (Å²) in [5.74, 6) is -0.247. The van der Waals surface area contributed by atoms with E-state index in [1.165, 1.54) is 12.3 Å². The van der Waals surface area contributed by atoms with Crippen LogP contribution in [0, 0.1) is 0 Å². The van der Waals surface area contributed by atoms with E-state index >= 15 is 0 Å². The fraction of sp³-hybridized carbons (Fsp3) is 0.583. The van der Waals surface area contributed by atoms with Crippen LogP contribution in [0.3, 0.4) is 0 Å². The van der Waals surface area contributed by atoms with Crippen molar-refractivity contribution in [2.75, 3.05) is 20.2 Å². The summed E-state index contributed by atoms with van der Waals surface area (Å²) >= 11 is 0. The molecule has 0 radical (unpaired) electrons. The monoisotopic (exact) mass is 301 g/mol. The second kappa shape index (κ2) is 5.19. The van der Waals surface area contributed by atoms with E-state index in [2.05, 4.69) is 4.98 Å². The van der Waals surface area contributed by atoms with Crippen molar-refractivity contribution in [2.45, 2.75) is 30.3 Å². The van der Waals surface area contributed by atoms with Gasteiger partial charge in [-0.05, 0) is 25.8 Å². The zero-order chi connectivity index (χ0) is 15.0. The first-order valence-corrected chi connectivity index (χ1v) is 7.85. The molecule has 1 atom stereocenters. The lowest BCUT2D eigenvalue weighted by Crippen LogP contribution is -2.49. The Bertz CT molecular complexity index is 610. The Morgan fingerprint density at radius 2 is 2.25 bits per heavy atom. The molecule has 1 aliphatic heterocycles. The molecule has 112 valence electrons. The van der Waals surface area contributed by atoms with Crippen LogP contribution in [0.5, 0.6) is 0 Å². The van der Waals surface area contributed by atoms with Gasteiger partial charge < -0.3 is 14.6 Å². The van der Waals surface area contributed by atoms with Gasteiger partial charge in [0.2, 0.25) is 10.0 Å². The van der Waals surface area contributed by atoms with Crippen molar-refractivity contribution in [3.63, 3.8) is 0 Å². The number of likely N-dealkylation sites (tertiary alicyclic amines) is 1. The highest BCUT2D eigenvalue weighted by Crippen LogP contribution is 2.25. The number of rotatable bonds is 3. The van der Waals surface area contributed by atoms with Crippen LogP contribution in [0.4, 0.5) is 0 Å². The first-order valence-electron chi connectivity index (χ1n) is 6.31. The van der Waals surface area contributed by atoms with Gasteiger partial charge in [-0.2, -0.15) is 0 Å². The summed E-state index contributed by atoms with van der Waals surface area (Å²) in [7, 11) is -2.17. The van der Waals surface area contributed by atoms with E-state index in [-0.39, 0.29) is 22.1 Å². The van der Waals surface area contributed by atoms with Crippen molar-refractivity contribution in [1.29, 1.82) is 0 Å². The molecule has 0 aromatic carbocycles. The van der Waals surface area contributed by atoms with Crippen LogP contribution in [0.2, 0.25) is 0 Å². The molecule has 7 nitrogen and oxygen atoms in total. The number of piperidine rings is 1. The molecule has 1 amide bonds.